The zero-order chi connectivity index (χ0) is 11.5. The maximum Gasteiger partial charge on any atom is 0.358 e. The molecule has 0 saturated carbocycles. The van der Waals surface area contributed by atoms with Crippen molar-refractivity contribution < 1.29 is 14.4 Å². The minimum absolute atomic E-state index is 0.0190. The van der Waals surface area contributed by atoms with Gasteiger partial charge in [-0.2, -0.15) is 11.8 Å². The number of aromatic carboxylic acids is 1. The van der Waals surface area contributed by atoms with Crippen LogP contribution in [0.15, 0.2) is 10.6 Å². The second kappa shape index (κ2) is 4.88. The fraction of sp³-hybridized carbons (Fsp3) is 0.600. The molecule has 1 unspecified atom stereocenters. The summed E-state index contributed by atoms with van der Waals surface area (Å²) in [7, 11) is 0. The molecule has 1 N–H and O–H groups in total. The summed E-state index contributed by atoms with van der Waals surface area (Å²) in [5, 5.41) is 12.8. The van der Waals surface area contributed by atoms with Gasteiger partial charge in [0.25, 0.3) is 0 Å². The Morgan fingerprint density at radius 3 is 3.25 bits per heavy atom. The summed E-state index contributed by atoms with van der Waals surface area (Å²) in [5.41, 5.74) is -0.0190. The molecule has 1 saturated heterocycles. The summed E-state index contributed by atoms with van der Waals surface area (Å²) in [4.78, 5) is 12.9. The third kappa shape index (κ3) is 2.76. The number of carboxylic acid groups (broad SMARTS) is 1. The van der Waals surface area contributed by atoms with Gasteiger partial charge in [-0.3, -0.25) is 4.90 Å². The van der Waals surface area contributed by atoms with E-state index >= 15 is 0 Å². The third-order valence-electron chi connectivity index (χ3n) is 2.48. The Morgan fingerprint density at radius 1 is 1.81 bits per heavy atom. The molecule has 0 radical (unpaired) electrons. The molecule has 0 amide bonds. The first-order valence-electron chi connectivity index (χ1n) is 5.18. The van der Waals surface area contributed by atoms with Gasteiger partial charge in [0.2, 0.25) is 0 Å². The maximum absolute atomic E-state index is 10.6. The number of thioether (sulfide) groups is 1. The van der Waals surface area contributed by atoms with Crippen molar-refractivity contribution in [2.45, 2.75) is 18.7 Å². The van der Waals surface area contributed by atoms with Crippen LogP contribution >= 0.6 is 11.8 Å². The van der Waals surface area contributed by atoms with Gasteiger partial charge in [-0.25, -0.2) is 4.79 Å². The molecular formula is C10H14N2O3S. The molecular weight excluding hydrogens is 228 g/mol. The van der Waals surface area contributed by atoms with Gasteiger partial charge in [-0.15, -0.1) is 0 Å². The predicted molar refractivity (Wildman–Crippen MR) is 60.7 cm³/mol. The number of hydrogen-bond donors (Lipinski definition) is 1. The zero-order valence-electron chi connectivity index (χ0n) is 9.05. The largest absolute Gasteiger partial charge is 0.476 e. The van der Waals surface area contributed by atoms with Gasteiger partial charge >= 0.3 is 5.97 Å². The van der Waals surface area contributed by atoms with Gasteiger partial charge < -0.3 is 9.63 Å². The average Bonchev–Trinajstić information content (AvgIpc) is 2.66. The van der Waals surface area contributed by atoms with Crippen LogP contribution in [0.1, 0.15) is 23.2 Å². The fourth-order valence-electron chi connectivity index (χ4n) is 1.74. The standard InChI is InChI=1S/C10H14N2O3S/c1-7-5-12(2-3-16-7)6-8-4-9(10(13)14)11-15-8/h4,7H,2-3,5-6H2,1H3,(H,13,14). The van der Waals surface area contributed by atoms with Crippen LogP contribution in [0.3, 0.4) is 0 Å². The Labute approximate surface area is 97.8 Å². The molecule has 2 rings (SSSR count). The van der Waals surface area contributed by atoms with E-state index in [1.54, 1.807) is 0 Å². The highest BCUT2D eigenvalue weighted by atomic mass is 32.2. The predicted octanol–water partition coefficient (Wildman–Crippen LogP) is 1.31. The molecule has 16 heavy (non-hydrogen) atoms. The third-order valence-corrected chi connectivity index (χ3v) is 3.62. The Balaban J connectivity index is 1.95. The van der Waals surface area contributed by atoms with Crippen molar-refractivity contribution in [1.82, 2.24) is 10.1 Å². The SMILES string of the molecule is CC1CN(Cc2cc(C(=O)O)no2)CCS1. The monoisotopic (exact) mass is 242 g/mol. The summed E-state index contributed by atoms with van der Waals surface area (Å²) in [6.45, 7) is 4.86. The molecule has 1 aromatic heterocycles. The molecule has 1 aromatic rings. The summed E-state index contributed by atoms with van der Waals surface area (Å²) in [5.74, 6) is 0.690. The first kappa shape index (κ1) is 11.5. The highest BCUT2D eigenvalue weighted by Gasteiger charge is 2.19. The van der Waals surface area contributed by atoms with Crippen LogP contribution in [0, 0.1) is 0 Å². The van der Waals surface area contributed by atoms with Crippen molar-refractivity contribution in [2.24, 2.45) is 0 Å². The molecule has 0 spiro atoms. The summed E-state index contributed by atoms with van der Waals surface area (Å²) >= 11 is 1.96. The Hall–Kier alpha value is -1.01. The van der Waals surface area contributed by atoms with Crippen LogP contribution in [0.2, 0.25) is 0 Å². The minimum Gasteiger partial charge on any atom is -0.476 e. The van der Waals surface area contributed by atoms with Crippen LogP contribution < -0.4 is 0 Å². The summed E-state index contributed by atoms with van der Waals surface area (Å²) in [6.07, 6.45) is 0. The highest BCUT2D eigenvalue weighted by molar-refractivity contribution is 7.99. The van der Waals surface area contributed by atoms with E-state index in [9.17, 15) is 4.79 Å². The number of hydrogen-bond acceptors (Lipinski definition) is 5. The molecule has 1 fully saturated rings. The topological polar surface area (TPSA) is 66.6 Å². The van der Waals surface area contributed by atoms with Crippen LogP contribution in [0.25, 0.3) is 0 Å². The Kier molecular flexibility index (Phi) is 3.50. The maximum atomic E-state index is 10.6. The second-order valence-electron chi connectivity index (χ2n) is 3.90. The van der Waals surface area contributed by atoms with E-state index in [1.165, 1.54) is 6.07 Å². The molecule has 1 atom stereocenters. The molecule has 5 nitrogen and oxygen atoms in total. The number of rotatable bonds is 3. The number of carbonyl (C=O) groups is 1. The Bertz CT molecular complexity index is 380. The molecule has 88 valence electrons. The lowest BCUT2D eigenvalue weighted by Gasteiger charge is -2.29. The van der Waals surface area contributed by atoms with E-state index in [0.29, 0.717) is 17.6 Å². The fourth-order valence-corrected chi connectivity index (χ4v) is 2.83. The molecule has 0 aliphatic carbocycles. The van der Waals surface area contributed by atoms with Gasteiger partial charge in [0.05, 0.1) is 6.54 Å². The van der Waals surface area contributed by atoms with E-state index in [-0.39, 0.29) is 5.69 Å². The minimum atomic E-state index is -1.04. The number of nitrogens with zero attached hydrogens (tertiary/aromatic N) is 2. The van der Waals surface area contributed by atoms with E-state index < -0.39 is 5.97 Å². The van der Waals surface area contributed by atoms with Crippen molar-refractivity contribution in [2.75, 3.05) is 18.8 Å². The first-order valence-corrected chi connectivity index (χ1v) is 6.23. The van der Waals surface area contributed by atoms with Crippen molar-refractivity contribution >= 4 is 17.7 Å². The second-order valence-corrected chi connectivity index (χ2v) is 5.45. The van der Waals surface area contributed by atoms with Gasteiger partial charge in [0.15, 0.2) is 11.5 Å². The van der Waals surface area contributed by atoms with Crippen molar-refractivity contribution in [3.05, 3.63) is 17.5 Å². The smallest absolute Gasteiger partial charge is 0.358 e. The van der Waals surface area contributed by atoms with Gasteiger partial charge in [-0.1, -0.05) is 12.1 Å². The molecule has 6 heteroatoms. The van der Waals surface area contributed by atoms with Crippen LogP contribution in [0.5, 0.6) is 0 Å². The van der Waals surface area contributed by atoms with Crippen molar-refractivity contribution in [1.29, 1.82) is 0 Å². The van der Waals surface area contributed by atoms with Gasteiger partial charge in [0, 0.05) is 30.2 Å². The van der Waals surface area contributed by atoms with Crippen molar-refractivity contribution in [3.8, 4) is 0 Å². The van der Waals surface area contributed by atoms with E-state index in [1.807, 2.05) is 11.8 Å². The van der Waals surface area contributed by atoms with Gasteiger partial charge in [0.1, 0.15) is 0 Å². The summed E-state index contributed by atoms with van der Waals surface area (Å²) in [6, 6.07) is 1.49. The first-order chi connectivity index (χ1) is 7.65. The molecule has 2 heterocycles. The van der Waals surface area contributed by atoms with Gasteiger partial charge in [-0.05, 0) is 0 Å². The van der Waals surface area contributed by atoms with Crippen LogP contribution in [0.4, 0.5) is 0 Å². The molecule has 1 aliphatic heterocycles. The molecule has 0 bridgehead atoms. The van der Waals surface area contributed by atoms with Crippen LogP contribution in [-0.4, -0.2) is 45.2 Å². The molecule has 1 aliphatic rings. The average molecular weight is 242 g/mol. The van der Waals surface area contributed by atoms with E-state index in [4.69, 9.17) is 9.63 Å². The van der Waals surface area contributed by atoms with E-state index in [2.05, 4.69) is 17.0 Å². The van der Waals surface area contributed by atoms with Crippen LogP contribution in [-0.2, 0) is 6.54 Å². The molecule has 0 aromatic carbocycles. The zero-order valence-corrected chi connectivity index (χ0v) is 9.87. The lowest BCUT2D eigenvalue weighted by Crippen LogP contribution is -2.35. The normalized spacial score (nSPS) is 22.2. The quantitative estimate of drug-likeness (QED) is 0.862. The lowest BCUT2D eigenvalue weighted by atomic mass is 10.3. The number of carboxylic acids is 1. The van der Waals surface area contributed by atoms with E-state index in [0.717, 1.165) is 18.8 Å². The highest BCUT2D eigenvalue weighted by Crippen LogP contribution is 2.19. The number of aromatic nitrogens is 1. The lowest BCUT2D eigenvalue weighted by molar-refractivity contribution is 0.0685. The Morgan fingerprint density at radius 2 is 2.62 bits per heavy atom. The summed E-state index contributed by atoms with van der Waals surface area (Å²) < 4.78 is 4.98. The van der Waals surface area contributed by atoms with Crippen molar-refractivity contribution in [3.63, 3.8) is 0 Å².